The van der Waals surface area contributed by atoms with E-state index in [-0.39, 0.29) is 6.09 Å². The van der Waals surface area contributed by atoms with Crippen molar-refractivity contribution in [2.45, 2.75) is 78.0 Å². The number of aromatic nitrogens is 1. The lowest BCUT2D eigenvalue weighted by Gasteiger charge is -2.32. The molecule has 24 heavy (non-hydrogen) atoms. The average Bonchev–Trinajstić information content (AvgIpc) is 3.00. The van der Waals surface area contributed by atoms with Crippen LogP contribution in [0.2, 0.25) is 0 Å². The number of likely N-dealkylation sites (tertiary alicyclic amines) is 1. The number of amides is 1. The third-order valence-electron chi connectivity index (χ3n) is 4.38. The van der Waals surface area contributed by atoms with Gasteiger partial charge in [-0.3, -0.25) is 0 Å². The minimum Gasteiger partial charge on any atom is -0.444 e. The van der Waals surface area contributed by atoms with Crippen LogP contribution in [0.4, 0.5) is 4.79 Å². The monoisotopic (exact) mass is 337 g/mol. The molecule has 136 valence electrons. The maximum absolute atomic E-state index is 12.1. The predicted molar refractivity (Wildman–Crippen MR) is 92.9 cm³/mol. The van der Waals surface area contributed by atoms with Crippen molar-refractivity contribution in [2.24, 2.45) is 0 Å². The molecule has 1 unspecified atom stereocenters. The maximum Gasteiger partial charge on any atom is 0.410 e. The fourth-order valence-corrected chi connectivity index (χ4v) is 2.71. The van der Waals surface area contributed by atoms with Crippen molar-refractivity contribution in [1.29, 1.82) is 0 Å². The van der Waals surface area contributed by atoms with Crippen LogP contribution < -0.4 is 5.32 Å². The summed E-state index contributed by atoms with van der Waals surface area (Å²) in [4.78, 5) is 13.9. The standard InChI is InChI=1S/C18H31N3O3/c1-6-13(2)19-12-15-11-16(20-24-15)14-7-9-21(10-8-14)17(22)23-18(3,4)5/h11,13-14,19H,6-10,12H2,1-5H3. The number of carbonyl (C=O) groups is 1. The zero-order valence-corrected chi connectivity index (χ0v) is 15.6. The summed E-state index contributed by atoms with van der Waals surface area (Å²) in [5.41, 5.74) is 0.553. The molecule has 0 bridgehead atoms. The van der Waals surface area contributed by atoms with Crippen LogP contribution in [0.25, 0.3) is 0 Å². The second-order valence-electron chi connectivity index (χ2n) is 7.65. The van der Waals surface area contributed by atoms with Gasteiger partial charge in [0, 0.05) is 31.1 Å². The number of nitrogens with zero attached hydrogens (tertiary/aromatic N) is 2. The Kier molecular flexibility index (Phi) is 6.27. The summed E-state index contributed by atoms with van der Waals surface area (Å²) >= 11 is 0. The summed E-state index contributed by atoms with van der Waals surface area (Å²) in [5, 5.41) is 7.63. The average molecular weight is 337 g/mol. The lowest BCUT2D eigenvalue weighted by molar-refractivity contribution is 0.0203. The van der Waals surface area contributed by atoms with E-state index in [1.54, 1.807) is 4.90 Å². The Morgan fingerprint density at radius 2 is 2.12 bits per heavy atom. The van der Waals surface area contributed by atoms with E-state index in [1.165, 1.54) is 0 Å². The summed E-state index contributed by atoms with van der Waals surface area (Å²) in [5.74, 6) is 1.23. The summed E-state index contributed by atoms with van der Waals surface area (Å²) in [6, 6.07) is 2.51. The molecular weight excluding hydrogens is 306 g/mol. The normalized spacial score (nSPS) is 17.8. The van der Waals surface area contributed by atoms with Gasteiger partial charge in [-0.1, -0.05) is 12.1 Å². The van der Waals surface area contributed by atoms with Gasteiger partial charge in [-0.05, 0) is 47.0 Å². The van der Waals surface area contributed by atoms with Crippen molar-refractivity contribution in [3.8, 4) is 0 Å². The third-order valence-corrected chi connectivity index (χ3v) is 4.38. The first-order chi connectivity index (χ1) is 11.3. The van der Waals surface area contributed by atoms with Gasteiger partial charge in [0.2, 0.25) is 0 Å². The van der Waals surface area contributed by atoms with E-state index in [2.05, 4.69) is 24.3 Å². The highest BCUT2D eigenvalue weighted by Gasteiger charge is 2.28. The van der Waals surface area contributed by atoms with E-state index in [9.17, 15) is 4.79 Å². The van der Waals surface area contributed by atoms with Gasteiger partial charge in [-0.25, -0.2) is 4.79 Å². The molecule has 0 saturated carbocycles. The molecule has 1 fully saturated rings. The topological polar surface area (TPSA) is 67.6 Å². The molecule has 6 nitrogen and oxygen atoms in total. The molecule has 0 spiro atoms. The van der Waals surface area contributed by atoms with E-state index < -0.39 is 5.60 Å². The molecule has 1 aliphatic rings. The first-order valence-electron chi connectivity index (χ1n) is 8.95. The van der Waals surface area contributed by atoms with Gasteiger partial charge in [-0.15, -0.1) is 0 Å². The number of nitrogens with one attached hydrogen (secondary N) is 1. The van der Waals surface area contributed by atoms with Crippen molar-refractivity contribution in [3.63, 3.8) is 0 Å². The summed E-state index contributed by atoms with van der Waals surface area (Å²) in [6.07, 6.45) is 2.65. The SMILES string of the molecule is CCC(C)NCc1cc(C2CCN(C(=O)OC(C)(C)C)CC2)no1. The summed E-state index contributed by atoms with van der Waals surface area (Å²) < 4.78 is 10.9. The molecule has 2 heterocycles. The highest BCUT2D eigenvalue weighted by Crippen LogP contribution is 2.28. The van der Waals surface area contributed by atoms with Crippen LogP contribution in [0, 0.1) is 0 Å². The van der Waals surface area contributed by atoms with Crippen LogP contribution in [-0.2, 0) is 11.3 Å². The van der Waals surface area contributed by atoms with Crippen LogP contribution in [0.1, 0.15) is 71.3 Å². The van der Waals surface area contributed by atoms with Gasteiger partial charge in [0.25, 0.3) is 0 Å². The van der Waals surface area contributed by atoms with Gasteiger partial charge >= 0.3 is 6.09 Å². The first-order valence-corrected chi connectivity index (χ1v) is 8.95. The quantitative estimate of drug-likeness (QED) is 0.888. The molecule has 1 N–H and O–H groups in total. The number of hydrogen-bond donors (Lipinski definition) is 1. The van der Waals surface area contributed by atoms with Gasteiger partial charge in [0.05, 0.1) is 12.2 Å². The number of hydrogen-bond acceptors (Lipinski definition) is 5. The second kappa shape index (κ2) is 8.01. The number of piperidine rings is 1. The third kappa shape index (κ3) is 5.51. The zero-order chi connectivity index (χ0) is 17.7. The van der Waals surface area contributed by atoms with Crippen molar-refractivity contribution in [1.82, 2.24) is 15.4 Å². The molecule has 1 amide bonds. The van der Waals surface area contributed by atoms with E-state index in [0.717, 1.165) is 30.7 Å². The largest absolute Gasteiger partial charge is 0.444 e. The molecule has 1 atom stereocenters. The fraction of sp³-hybridized carbons (Fsp3) is 0.778. The molecular formula is C18H31N3O3. The fourth-order valence-electron chi connectivity index (χ4n) is 2.71. The minimum absolute atomic E-state index is 0.223. The highest BCUT2D eigenvalue weighted by molar-refractivity contribution is 5.68. The molecule has 1 aliphatic heterocycles. The van der Waals surface area contributed by atoms with E-state index in [0.29, 0.717) is 31.6 Å². The Hall–Kier alpha value is -1.56. The van der Waals surface area contributed by atoms with Gasteiger partial charge < -0.3 is 19.5 Å². The molecule has 1 aromatic rings. The molecule has 6 heteroatoms. The molecule has 0 radical (unpaired) electrons. The van der Waals surface area contributed by atoms with Crippen molar-refractivity contribution in [3.05, 3.63) is 17.5 Å². The van der Waals surface area contributed by atoms with Crippen molar-refractivity contribution < 1.29 is 14.1 Å². The van der Waals surface area contributed by atoms with Crippen LogP contribution in [0.5, 0.6) is 0 Å². The number of carbonyl (C=O) groups excluding carboxylic acids is 1. The molecule has 2 rings (SSSR count). The van der Waals surface area contributed by atoms with E-state index in [4.69, 9.17) is 9.26 Å². The second-order valence-corrected chi connectivity index (χ2v) is 7.65. The summed E-state index contributed by atoms with van der Waals surface area (Å²) in [7, 11) is 0. The number of ether oxygens (including phenoxy) is 1. The van der Waals surface area contributed by atoms with Crippen molar-refractivity contribution in [2.75, 3.05) is 13.1 Å². The Labute approximate surface area is 144 Å². The summed E-state index contributed by atoms with van der Waals surface area (Å²) in [6.45, 7) is 12.1. The minimum atomic E-state index is -0.447. The Balaban J connectivity index is 1.82. The maximum atomic E-state index is 12.1. The Bertz CT molecular complexity index is 528. The Morgan fingerprint density at radius 3 is 2.71 bits per heavy atom. The molecule has 0 aromatic carbocycles. The van der Waals surface area contributed by atoms with Crippen LogP contribution in [0.15, 0.2) is 10.6 Å². The molecule has 1 aromatic heterocycles. The van der Waals surface area contributed by atoms with E-state index in [1.807, 2.05) is 26.8 Å². The smallest absolute Gasteiger partial charge is 0.410 e. The lowest BCUT2D eigenvalue weighted by atomic mass is 9.93. The number of rotatable bonds is 5. The van der Waals surface area contributed by atoms with Crippen LogP contribution >= 0.6 is 0 Å². The van der Waals surface area contributed by atoms with E-state index >= 15 is 0 Å². The predicted octanol–water partition coefficient (Wildman–Crippen LogP) is 3.68. The lowest BCUT2D eigenvalue weighted by Crippen LogP contribution is -2.41. The highest BCUT2D eigenvalue weighted by atomic mass is 16.6. The zero-order valence-electron chi connectivity index (χ0n) is 15.6. The van der Waals surface area contributed by atoms with Crippen LogP contribution in [0.3, 0.4) is 0 Å². The van der Waals surface area contributed by atoms with Crippen molar-refractivity contribution >= 4 is 6.09 Å². The van der Waals surface area contributed by atoms with Gasteiger partial charge in [0.1, 0.15) is 5.60 Å². The first kappa shape index (κ1) is 18.8. The van der Waals surface area contributed by atoms with Crippen LogP contribution in [-0.4, -0.2) is 40.9 Å². The van der Waals surface area contributed by atoms with Gasteiger partial charge in [-0.2, -0.15) is 0 Å². The van der Waals surface area contributed by atoms with Gasteiger partial charge in [0.15, 0.2) is 5.76 Å². The molecule has 1 saturated heterocycles. The Morgan fingerprint density at radius 1 is 1.46 bits per heavy atom. The molecule has 0 aliphatic carbocycles.